The van der Waals surface area contributed by atoms with E-state index in [0.717, 1.165) is 17.2 Å². The number of hydrogen-bond donors (Lipinski definition) is 1. The standard InChI is InChI=1S/C18H26N6O2/c1-18(2,3)14-10-12(21-22-14)17(25)24-8-9-26-13(11-24)15-16(23(4)5)20-7-6-19-15/h6-7,10,13H,8-9,11H2,1-5H3,(H,21,22)/t13-/m0/s1. The van der Waals surface area contributed by atoms with Crippen LogP contribution in [0, 0.1) is 0 Å². The lowest BCUT2D eigenvalue weighted by molar-refractivity contribution is -0.0248. The number of amides is 1. The maximum absolute atomic E-state index is 12.9. The lowest BCUT2D eigenvalue weighted by Crippen LogP contribution is -2.43. The SMILES string of the molecule is CN(C)c1nccnc1[C@@H]1CN(C(=O)c2cc(C(C)(C)C)[nH]n2)CCO1. The van der Waals surface area contributed by atoms with Gasteiger partial charge >= 0.3 is 0 Å². The van der Waals surface area contributed by atoms with Crippen LogP contribution in [0.3, 0.4) is 0 Å². The van der Waals surface area contributed by atoms with E-state index in [9.17, 15) is 4.79 Å². The molecule has 0 spiro atoms. The quantitative estimate of drug-likeness (QED) is 0.900. The first-order valence-electron chi connectivity index (χ1n) is 8.72. The number of aromatic nitrogens is 4. The van der Waals surface area contributed by atoms with Crippen molar-refractivity contribution in [2.24, 2.45) is 0 Å². The van der Waals surface area contributed by atoms with Gasteiger partial charge in [-0.3, -0.25) is 14.9 Å². The van der Waals surface area contributed by atoms with Crippen molar-refractivity contribution in [2.75, 3.05) is 38.7 Å². The number of aromatic amines is 1. The van der Waals surface area contributed by atoms with Crippen molar-refractivity contribution in [1.29, 1.82) is 0 Å². The van der Waals surface area contributed by atoms with E-state index in [2.05, 4.69) is 40.9 Å². The molecule has 1 N–H and O–H groups in total. The molecule has 1 aliphatic rings. The summed E-state index contributed by atoms with van der Waals surface area (Å²) in [6, 6.07) is 1.83. The van der Waals surface area contributed by atoms with Gasteiger partial charge in [-0.15, -0.1) is 0 Å². The van der Waals surface area contributed by atoms with Crippen LogP contribution in [0.25, 0.3) is 0 Å². The van der Waals surface area contributed by atoms with Crippen molar-refractivity contribution < 1.29 is 9.53 Å². The predicted molar refractivity (Wildman–Crippen MR) is 98.2 cm³/mol. The predicted octanol–water partition coefficient (Wildman–Crippen LogP) is 1.78. The molecular weight excluding hydrogens is 332 g/mol. The largest absolute Gasteiger partial charge is 0.368 e. The van der Waals surface area contributed by atoms with Gasteiger partial charge in [0.05, 0.1) is 13.2 Å². The molecule has 8 nitrogen and oxygen atoms in total. The zero-order valence-electron chi connectivity index (χ0n) is 16.0. The van der Waals surface area contributed by atoms with Gasteiger partial charge in [0.2, 0.25) is 0 Å². The summed E-state index contributed by atoms with van der Waals surface area (Å²) < 4.78 is 5.88. The Morgan fingerprint density at radius 3 is 2.69 bits per heavy atom. The Kier molecular flexibility index (Phi) is 4.95. The van der Waals surface area contributed by atoms with Gasteiger partial charge in [-0.2, -0.15) is 5.10 Å². The van der Waals surface area contributed by atoms with Crippen LogP contribution >= 0.6 is 0 Å². The molecule has 0 saturated carbocycles. The number of carbonyl (C=O) groups excluding carboxylic acids is 1. The van der Waals surface area contributed by atoms with Crippen LogP contribution in [-0.2, 0) is 10.2 Å². The van der Waals surface area contributed by atoms with E-state index >= 15 is 0 Å². The van der Waals surface area contributed by atoms with Crippen molar-refractivity contribution >= 4 is 11.7 Å². The smallest absolute Gasteiger partial charge is 0.274 e. The van der Waals surface area contributed by atoms with Crippen molar-refractivity contribution in [1.82, 2.24) is 25.1 Å². The molecule has 0 radical (unpaired) electrons. The van der Waals surface area contributed by atoms with Gasteiger partial charge in [-0.25, -0.2) is 4.98 Å². The summed E-state index contributed by atoms with van der Waals surface area (Å²) in [7, 11) is 3.83. The number of carbonyl (C=O) groups is 1. The van der Waals surface area contributed by atoms with Gasteiger partial charge in [0, 0.05) is 44.1 Å². The highest BCUT2D eigenvalue weighted by Crippen LogP contribution is 2.27. The third kappa shape index (κ3) is 3.70. The highest BCUT2D eigenvalue weighted by Gasteiger charge is 2.31. The minimum Gasteiger partial charge on any atom is -0.368 e. The van der Waals surface area contributed by atoms with E-state index in [1.807, 2.05) is 25.1 Å². The first kappa shape index (κ1) is 18.3. The van der Waals surface area contributed by atoms with Gasteiger partial charge in [-0.05, 0) is 6.07 Å². The third-order valence-electron chi connectivity index (χ3n) is 4.39. The van der Waals surface area contributed by atoms with Gasteiger partial charge in [0.1, 0.15) is 17.5 Å². The van der Waals surface area contributed by atoms with E-state index in [-0.39, 0.29) is 17.4 Å². The molecule has 0 aromatic carbocycles. The molecule has 1 fully saturated rings. The number of H-pyrrole nitrogens is 1. The molecule has 1 aliphatic heterocycles. The van der Waals surface area contributed by atoms with Crippen LogP contribution in [0.4, 0.5) is 5.82 Å². The molecule has 1 atom stereocenters. The fourth-order valence-electron chi connectivity index (χ4n) is 2.89. The minimum absolute atomic E-state index is 0.0840. The fourth-order valence-corrected chi connectivity index (χ4v) is 2.89. The number of nitrogens with one attached hydrogen (secondary N) is 1. The summed E-state index contributed by atoms with van der Waals surface area (Å²) in [4.78, 5) is 25.4. The second-order valence-corrected chi connectivity index (χ2v) is 7.69. The first-order chi connectivity index (χ1) is 12.3. The molecule has 0 aliphatic carbocycles. The highest BCUT2D eigenvalue weighted by molar-refractivity contribution is 5.92. The molecule has 0 unspecified atom stereocenters. The summed E-state index contributed by atoms with van der Waals surface area (Å²) in [5.41, 5.74) is 2.03. The zero-order chi connectivity index (χ0) is 18.9. The summed E-state index contributed by atoms with van der Waals surface area (Å²) in [5.74, 6) is 0.655. The maximum Gasteiger partial charge on any atom is 0.274 e. The second-order valence-electron chi connectivity index (χ2n) is 7.69. The van der Waals surface area contributed by atoms with Crippen molar-refractivity contribution in [3.05, 3.63) is 35.5 Å². The normalized spacial score (nSPS) is 18.0. The number of hydrogen-bond acceptors (Lipinski definition) is 6. The zero-order valence-corrected chi connectivity index (χ0v) is 16.0. The van der Waals surface area contributed by atoms with Crippen LogP contribution in [0.15, 0.2) is 18.5 Å². The fraction of sp³-hybridized carbons (Fsp3) is 0.556. The third-order valence-corrected chi connectivity index (χ3v) is 4.39. The lowest BCUT2D eigenvalue weighted by atomic mass is 9.92. The van der Waals surface area contributed by atoms with Crippen LogP contribution in [0.2, 0.25) is 0 Å². The summed E-state index contributed by atoms with van der Waals surface area (Å²) >= 11 is 0. The molecule has 26 heavy (non-hydrogen) atoms. The molecule has 1 amide bonds. The summed E-state index contributed by atoms with van der Waals surface area (Å²) in [6.45, 7) is 7.65. The second kappa shape index (κ2) is 7.03. The Balaban J connectivity index is 1.79. The molecule has 140 valence electrons. The first-order valence-corrected chi connectivity index (χ1v) is 8.72. The average molecular weight is 358 g/mol. The Labute approximate surface area is 153 Å². The molecule has 0 bridgehead atoms. The molecule has 3 rings (SSSR count). The number of nitrogens with zero attached hydrogens (tertiary/aromatic N) is 5. The highest BCUT2D eigenvalue weighted by atomic mass is 16.5. The van der Waals surface area contributed by atoms with Crippen molar-refractivity contribution in [3.8, 4) is 0 Å². The van der Waals surface area contributed by atoms with Crippen LogP contribution in [0.1, 0.15) is 48.8 Å². The Morgan fingerprint density at radius 1 is 1.31 bits per heavy atom. The molecule has 1 saturated heterocycles. The van der Waals surface area contributed by atoms with E-state index < -0.39 is 0 Å². The maximum atomic E-state index is 12.9. The molecule has 2 aromatic rings. The van der Waals surface area contributed by atoms with E-state index in [0.29, 0.717) is 25.4 Å². The molecule has 3 heterocycles. The summed E-state index contributed by atoms with van der Waals surface area (Å²) in [5, 5.41) is 7.18. The van der Waals surface area contributed by atoms with E-state index in [4.69, 9.17) is 4.74 Å². The number of anilines is 1. The van der Waals surface area contributed by atoms with Crippen LogP contribution in [-0.4, -0.2) is 64.8 Å². The number of morpholine rings is 1. The Hall–Kier alpha value is -2.48. The molecule has 8 heteroatoms. The minimum atomic E-state index is -0.306. The van der Waals surface area contributed by atoms with Gasteiger partial charge in [-0.1, -0.05) is 20.8 Å². The number of ether oxygens (including phenoxy) is 1. The molecule has 2 aromatic heterocycles. The molecular formula is C18H26N6O2. The van der Waals surface area contributed by atoms with Gasteiger partial charge in [0.15, 0.2) is 5.82 Å². The average Bonchev–Trinajstić information content (AvgIpc) is 3.11. The van der Waals surface area contributed by atoms with Crippen LogP contribution in [0.5, 0.6) is 0 Å². The van der Waals surface area contributed by atoms with Crippen molar-refractivity contribution in [2.45, 2.75) is 32.3 Å². The lowest BCUT2D eigenvalue weighted by Gasteiger charge is -2.33. The van der Waals surface area contributed by atoms with Crippen LogP contribution < -0.4 is 4.90 Å². The van der Waals surface area contributed by atoms with Gasteiger partial charge < -0.3 is 14.5 Å². The van der Waals surface area contributed by atoms with E-state index in [1.165, 1.54) is 0 Å². The monoisotopic (exact) mass is 358 g/mol. The number of rotatable bonds is 3. The van der Waals surface area contributed by atoms with Gasteiger partial charge in [0.25, 0.3) is 5.91 Å². The Morgan fingerprint density at radius 2 is 2.04 bits per heavy atom. The topological polar surface area (TPSA) is 87.2 Å². The summed E-state index contributed by atoms with van der Waals surface area (Å²) in [6.07, 6.45) is 3.00. The van der Waals surface area contributed by atoms with Crippen molar-refractivity contribution in [3.63, 3.8) is 0 Å². The van der Waals surface area contributed by atoms with E-state index in [1.54, 1.807) is 17.3 Å². The Bertz CT molecular complexity index is 780.